The molecule has 0 aliphatic rings. The van der Waals surface area contributed by atoms with Gasteiger partial charge in [-0.25, -0.2) is 15.0 Å². The van der Waals surface area contributed by atoms with Crippen LogP contribution in [0.4, 0.5) is 5.69 Å². The minimum Gasteiger partial charge on any atom is -0.492 e. The Labute approximate surface area is 103 Å². The highest BCUT2D eigenvalue weighted by molar-refractivity contribution is 5.81. The molecule has 0 fully saturated rings. The third-order valence-electron chi connectivity index (χ3n) is 2.64. The summed E-state index contributed by atoms with van der Waals surface area (Å²) in [5.74, 6) is -0.120. The first-order chi connectivity index (χ1) is 8.74. The standard InChI is InChI=1S/C13H10N4O/c14-9-3-1-2-8(6-9)10-4-5-11-12(17-10)13(18)16-7-15-11/h1-7H,14H2,(H,15,16,18). The van der Waals surface area contributed by atoms with Gasteiger partial charge in [-0.3, -0.25) is 0 Å². The van der Waals surface area contributed by atoms with E-state index in [1.807, 2.05) is 30.3 Å². The minimum atomic E-state index is -0.120. The summed E-state index contributed by atoms with van der Waals surface area (Å²) in [6.07, 6.45) is 1.31. The number of aromatic hydroxyl groups is 1. The van der Waals surface area contributed by atoms with Crippen molar-refractivity contribution in [2.75, 3.05) is 5.73 Å². The average molecular weight is 238 g/mol. The third-order valence-corrected chi connectivity index (χ3v) is 2.64. The van der Waals surface area contributed by atoms with Crippen molar-refractivity contribution in [3.63, 3.8) is 0 Å². The molecule has 3 rings (SSSR count). The van der Waals surface area contributed by atoms with Gasteiger partial charge in [-0.05, 0) is 24.3 Å². The summed E-state index contributed by atoms with van der Waals surface area (Å²) in [6.45, 7) is 0. The summed E-state index contributed by atoms with van der Waals surface area (Å²) in [5, 5.41) is 9.66. The lowest BCUT2D eigenvalue weighted by atomic mass is 10.1. The first kappa shape index (κ1) is 10.5. The molecule has 0 aliphatic carbocycles. The van der Waals surface area contributed by atoms with E-state index in [9.17, 15) is 5.11 Å². The fraction of sp³-hybridized carbons (Fsp3) is 0. The van der Waals surface area contributed by atoms with Gasteiger partial charge in [-0.2, -0.15) is 0 Å². The van der Waals surface area contributed by atoms with Crippen molar-refractivity contribution < 1.29 is 5.11 Å². The molecule has 0 saturated carbocycles. The molecular formula is C13H10N4O. The van der Waals surface area contributed by atoms with Gasteiger partial charge in [0.1, 0.15) is 6.33 Å². The number of rotatable bonds is 1. The summed E-state index contributed by atoms with van der Waals surface area (Å²) in [5.41, 5.74) is 9.01. The highest BCUT2D eigenvalue weighted by Crippen LogP contribution is 2.24. The number of fused-ring (bicyclic) bond motifs is 1. The van der Waals surface area contributed by atoms with Crippen LogP contribution in [0, 0.1) is 0 Å². The zero-order valence-electron chi connectivity index (χ0n) is 9.41. The summed E-state index contributed by atoms with van der Waals surface area (Å²) in [4.78, 5) is 12.1. The molecule has 5 heteroatoms. The molecule has 18 heavy (non-hydrogen) atoms. The van der Waals surface area contributed by atoms with E-state index in [0.717, 1.165) is 11.3 Å². The smallest absolute Gasteiger partial charge is 0.241 e. The van der Waals surface area contributed by atoms with Gasteiger partial charge in [0.25, 0.3) is 0 Å². The Hall–Kier alpha value is -2.69. The summed E-state index contributed by atoms with van der Waals surface area (Å²) >= 11 is 0. The molecule has 1 aromatic carbocycles. The van der Waals surface area contributed by atoms with E-state index in [-0.39, 0.29) is 5.88 Å². The van der Waals surface area contributed by atoms with Crippen molar-refractivity contribution in [3.8, 4) is 17.1 Å². The van der Waals surface area contributed by atoms with Gasteiger partial charge in [-0.15, -0.1) is 0 Å². The molecule has 0 amide bonds. The monoisotopic (exact) mass is 238 g/mol. The summed E-state index contributed by atoms with van der Waals surface area (Å²) in [6, 6.07) is 11.0. The quantitative estimate of drug-likeness (QED) is 0.633. The Balaban J connectivity index is 2.22. The van der Waals surface area contributed by atoms with Crippen molar-refractivity contribution >= 4 is 16.7 Å². The lowest BCUT2D eigenvalue weighted by Crippen LogP contribution is -1.90. The van der Waals surface area contributed by atoms with Crippen LogP contribution in [-0.4, -0.2) is 20.1 Å². The number of hydrogen-bond donors (Lipinski definition) is 2. The lowest BCUT2D eigenvalue weighted by molar-refractivity contribution is 0.458. The first-order valence-electron chi connectivity index (χ1n) is 5.41. The van der Waals surface area contributed by atoms with Gasteiger partial charge in [0.15, 0.2) is 5.52 Å². The predicted octanol–water partition coefficient (Wildman–Crippen LogP) is 1.98. The Bertz CT molecular complexity index is 727. The Morgan fingerprint density at radius 1 is 1.06 bits per heavy atom. The number of benzene rings is 1. The zero-order valence-corrected chi connectivity index (χ0v) is 9.41. The fourth-order valence-electron chi connectivity index (χ4n) is 1.79. The van der Waals surface area contributed by atoms with E-state index in [4.69, 9.17) is 5.73 Å². The van der Waals surface area contributed by atoms with Crippen molar-refractivity contribution in [3.05, 3.63) is 42.7 Å². The van der Waals surface area contributed by atoms with E-state index >= 15 is 0 Å². The fourth-order valence-corrected chi connectivity index (χ4v) is 1.79. The van der Waals surface area contributed by atoms with Gasteiger partial charge < -0.3 is 10.8 Å². The molecule has 3 aromatic rings. The molecule has 0 bridgehead atoms. The van der Waals surface area contributed by atoms with Crippen LogP contribution in [0.1, 0.15) is 0 Å². The second kappa shape index (κ2) is 3.96. The molecule has 0 atom stereocenters. The van der Waals surface area contributed by atoms with Crippen molar-refractivity contribution in [2.24, 2.45) is 0 Å². The van der Waals surface area contributed by atoms with Gasteiger partial charge in [0.2, 0.25) is 5.88 Å². The maximum atomic E-state index is 9.66. The molecule has 0 spiro atoms. The van der Waals surface area contributed by atoms with Crippen LogP contribution in [0.2, 0.25) is 0 Å². The number of nitrogens with zero attached hydrogens (tertiary/aromatic N) is 3. The average Bonchev–Trinajstić information content (AvgIpc) is 2.39. The maximum Gasteiger partial charge on any atom is 0.241 e. The largest absolute Gasteiger partial charge is 0.492 e. The molecule has 2 heterocycles. The second-order valence-electron chi connectivity index (χ2n) is 3.89. The second-order valence-corrected chi connectivity index (χ2v) is 3.89. The number of anilines is 1. The molecule has 5 nitrogen and oxygen atoms in total. The van der Waals surface area contributed by atoms with Gasteiger partial charge in [-0.1, -0.05) is 12.1 Å². The van der Waals surface area contributed by atoms with Crippen molar-refractivity contribution in [1.29, 1.82) is 0 Å². The molecule has 88 valence electrons. The van der Waals surface area contributed by atoms with Crippen LogP contribution in [0.3, 0.4) is 0 Å². The van der Waals surface area contributed by atoms with Crippen molar-refractivity contribution in [1.82, 2.24) is 15.0 Å². The third kappa shape index (κ3) is 1.71. The minimum absolute atomic E-state index is 0.120. The number of nitrogen functional groups attached to an aromatic ring is 1. The topological polar surface area (TPSA) is 84.9 Å². The molecule has 0 radical (unpaired) electrons. The van der Waals surface area contributed by atoms with Gasteiger partial charge >= 0.3 is 0 Å². The van der Waals surface area contributed by atoms with E-state index < -0.39 is 0 Å². The Morgan fingerprint density at radius 2 is 1.94 bits per heavy atom. The first-order valence-corrected chi connectivity index (χ1v) is 5.41. The SMILES string of the molecule is Nc1cccc(-c2ccc3ncnc(O)c3n2)c1. The number of pyridine rings is 1. The molecule has 0 unspecified atom stereocenters. The highest BCUT2D eigenvalue weighted by atomic mass is 16.3. The predicted molar refractivity (Wildman–Crippen MR) is 68.8 cm³/mol. The van der Waals surface area contributed by atoms with Crippen LogP contribution in [0.15, 0.2) is 42.7 Å². The normalized spacial score (nSPS) is 10.7. The van der Waals surface area contributed by atoms with Crippen LogP contribution in [-0.2, 0) is 0 Å². The molecular weight excluding hydrogens is 228 g/mol. The van der Waals surface area contributed by atoms with Crippen molar-refractivity contribution in [2.45, 2.75) is 0 Å². The van der Waals surface area contributed by atoms with E-state index in [2.05, 4.69) is 15.0 Å². The summed E-state index contributed by atoms with van der Waals surface area (Å²) in [7, 11) is 0. The lowest BCUT2D eigenvalue weighted by Gasteiger charge is -2.04. The van der Waals surface area contributed by atoms with Gasteiger partial charge in [0.05, 0.1) is 11.2 Å². The van der Waals surface area contributed by atoms with Crippen LogP contribution >= 0.6 is 0 Å². The maximum absolute atomic E-state index is 9.66. The van der Waals surface area contributed by atoms with Crippen LogP contribution < -0.4 is 5.73 Å². The van der Waals surface area contributed by atoms with E-state index in [1.54, 1.807) is 6.07 Å². The number of aromatic nitrogens is 3. The molecule has 2 aromatic heterocycles. The Morgan fingerprint density at radius 3 is 2.78 bits per heavy atom. The van der Waals surface area contributed by atoms with Crippen LogP contribution in [0.25, 0.3) is 22.3 Å². The molecule has 3 N–H and O–H groups in total. The van der Waals surface area contributed by atoms with Crippen LogP contribution in [0.5, 0.6) is 5.88 Å². The summed E-state index contributed by atoms with van der Waals surface area (Å²) < 4.78 is 0. The Kier molecular flexibility index (Phi) is 2.30. The zero-order chi connectivity index (χ0) is 12.5. The number of hydrogen-bond acceptors (Lipinski definition) is 5. The van der Waals surface area contributed by atoms with Gasteiger partial charge in [0, 0.05) is 11.3 Å². The van der Waals surface area contributed by atoms with E-state index in [0.29, 0.717) is 16.7 Å². The molecule has 0 saturated heterocycles. The number of nitrogens with two attached hydrogens (primary N) is 1. The highest BCUT2D eigenvalue weighted by Gasteiger charge is 2.06. The molecule has 0 aliphatic heterocycles. The van der Waals surface area contributed by atoms with E-state index in [1.165, 1.54) is 6.33 Å².